The molecule has 3 nitrogen and oxygen atoms in total. The lowest BCUT2D eigenvalue weighted by atomic mass is 9.93. The normalized spacial score (nSPS) is 13.7. The van der Waals surface area contributed by atoms with Crippen LogP contribution < -0.4 is 5.32 Å². The first kappa shape index (κ1) is 27.1. The number of aryl methyl sites for hydroxylation is 1. The third kappa shape index (κ3) is 7.73. The van der Waals surface area contributed by atoms with Gasteiger partial charge in [0, 0.05) is 12.1 Å². The number of ether oxygens (including phenoxy) is 1. The van der Waals surface area contributed by atoms with Crippen molar-refractivity contribution in [1.29, 1.82) is 0 Å². The average molecular weight is 478 g/mol. The van der Waals surface area contributed by atoms with Crippen molar-refractivity contribution < 1.29 is 14.2 Å². The SMILES string of the molecule is Cc1ccc(CC(C)(C)NC[C@@H](O)COC(C)c2ccccc2-c2cccc(C(C)C)c2)cc1F. The monoisotopic (exact) mass is 477 g/mol. The van der Waals surface area contributed by atoms with E-state index in [4.69, 9.17) is 4.74 Å². The number of hydrogen-bond acceptors (Lipinski definition) is 3. The number of rotatable bonds is 11. The Balaban J connectivity index is 1.57. The Bertz CT molecular complexity index is 1110. The Kier molecular flexibility index (Phi) is 9.23. The van der Waals surface area contributed by atoms with Crippen LogP contribution in [0.2, 0.25) is 0 Å². The van der Waals surface area contributed by atoms with E-state index in [9.17, 15) is 9.50 Å². The van der Waals surface area contributed by atoms with E-state index in [0.717, 1.165) is 16.7 Å². The Morgan fingerprint density at radius 3 is 2.43 bits per heavy atom. The van der Waals surface area contributed by atoms with E-state index in [1.54, 1.807) is 13.0 Å². The minimum Gasteiger partial charge on any atom is -0.389 e. The molecule has 0 heterocycles. The van der Waals surface area contributed by atoms with Gasteiger partial charge in [-0.2, -0.15) is 0 Å². The van der Waals surface area contributed by atoms with Crippen LogP contribution in [-0.4, -0.2) is 29.9 Å². The minimum atomic E-state index is -0.650. The molecule has 0 aliphatic carbocycles. The van der Waals surface area contributed by atoms with Gasteiger partial charge in [-0.25, -0.2) is 4.39 Å². The number of nitrogens with one attached hydrogen (secondary N) is 1. The molecule has 0 saturated heterocycles. The molecule has 0 amide bonds. The molecule has 1 unspecified atom stereocenters. The minimum absolute atomic E-state index is 0.160. The molecule has 0 fully saturated rings. The maximum Gasteiger partial charge on any atom is 0.126 e. The summed E-state index contributed by atoms with van der Waals surface area (Å²) in [5.74, 6) is 0.282. The van der Waals surface area contributed by atoms with Gasteiger partial charge in [-0.1, -0.05) is 74.5 Å². The van der Waals surface area contributed by atoms with Gasteiger partial charge in [-0.15, -0.1) is 0 Å². The molecule has 0 radical (unpaired) electrons. The molecule has 35 heavy (non-hydrogen) atoms. The van der Waals surface area contributed by atoms with Crippen LogP contribution in [0.3, 0.4) is 0 Å². The van der Waals surface area contributed by atoms with E-state index < -0.39 is 6.10 Å². The van der Waals surface area contributed by atoms with Crippen molar-refractivity contribution in [3.05, 3.63) is 94.8 Å². The highest BCUT2D eigenvalue weighted by Crippen LogP contribution is 2.31. The number of hydrogen-bond donors (Lipinski definition) is 2. The van der Waals surface area contributed by atoms with Gasteiger partial charge in [0.05, 0.1) is 18.8 Å². The standard InChI is InChI=1S/C31H40FNO2/c1-21(2)25-10-9-11-26(17-25)29-13-8-7-12-28(29)23(4)35-20-27(34)19-33-31(5,6)18-24-15-14-22(3)30(32)16-24/h7-17,21,23,27,33-34H,18-20H2,1-6H3/t23?,27-/m1/s1. The van der Waals surface area contributed by atoms with Gasteiger partial charge in [0.2, 0.25) is 0 Å². The Morgan fingerprint density at radius 1 is 0.971 bits per heavy atom. The second kappa shape index (κ2) is 11.9. The molecule has 2 N–H and O–H groups in total. The topological polar surface area (TPSA) is 41.5 Å². The summed E-state index contributed by atoms with van der Waals surface area (Å²) in [6.45, 7) is 12.9. The molecular formula is C31H40FNO2. The van der Waals surface area contributed by atoms with Crippen LogP contribution in [0.15, 0.2) is 66.7 Å². The van der Waals surface area contributed by atoms with Crippen LogP contribution >= 0.6 is 0 Å². The predicted octanol–water partition coefficient (Wildman–Crippen LogP) is 6.97. The zero-order valence-corrected chi connectivity index (χ0v) is 21.9. The summed E-state index contributed by atoms with van der Waals surface area (Å²) in [7, 11) is 0. The van der Waals surface area contributed by atoms with Crippen LogP contribution in [0.4, 0.5) is 4.39 Å². The van der Waals surface area contributed by atoms with Crippen molar-refractivity contribution in [2.75, 3.05) is 13.2 Å². The fraction of sp³-hybridized carbons (Fsp3) is 0.419. The summed E-state index contributed by atoms with van der Waals surface area (Å²) in [6.07, 6.45) is -0.146. The molecule has 0 bridgehead atoms. The summed E-state index contributed by atoms with van der Waals surface area (Å²) < 4.78 is 20.0. The zero-order valence-electron chi connectivity index (χ0n) is 21.9. The molecule has 3 aromatic rings. The van der Waals surface area contributed by atoms with Gasteiger partial charge in [-0.05, 0) is 79.5 Å². The largest absolute Gasteiger partial charge is 0.389 e. The highest BCUT2D eigenvalue weighted by molar-refractivity contribution is 5.68. The first-order chi connectivity index (χ1) is 16.6. The Labute approximate surface area is 210 Å². The van der Waals surface area contributed by atoms with Crippen LogP contribution in [-0.2, 0) is 11.2 Å². The molecule has 3 aromatic carbocycles. The van der Waals surface area contributed by atoms with Gasteiger partial charge in [0.1, 0.15) is 5.82 Å². The number of halogens is 1. The van der Waals surface area contributed by atoms with Crippen LogP contribution in [0.1, 0.15) is 68.9 Å². The maximum atomic E-state index is 13.9. The molecule has 0 aromatic heterocycles. The first-order valence-electron chi connectivity index (χ1n) is 12.5. The average Bonchev–Trinajstić information content (AvgIpc) is 2.83. The van der Waals surface area contributed by atoms with Crippen LogP contribution in [0, 0.1) is 12.7 Å². The molecule has 0 saturated carbocycles. The summed E-state index contributed by atoms with van der Waals surface area (Å²) in [6, 6.07) is 22.3. The second-order valence-electron chi connectivity index (χ2n) is 10.5. The van der Waals surface area contributed by atoms with Crippen LogP contribution in [0.25, 0.3) is 11.1 Å². The van der Waals surface area contributed by atoms with Gasteiger partial charge in [0.25, 0.3) is 0 Å². The number of β-amino-alcohol motifs (C(OH)–C–C–N with tert-alkyl or cyclic N) is 1. The van der Waals surface area contributed by atoms with E-state index >= 15 is 0 Å². The van der Waals surface area contributed by atoms with E-state index in [2.05, 4.69) is 69.4 Å². The molecule has 3 rings (SSSR count). The highest BCUT2D eigenvalue weighted by atomic mass is 19.1. The summed E-state index contributed by atoms with van der Waals surface area (Å²) in [5, 5.41) is 14.0. The van der Waals surface area contributed by atoms with Crippen LogP contribution in [0.5, 0.6) is 0 Å². The Morgan fingerprint density at radius 2 is 1.71 bits per heavy atom. The smallest absolute Gasteiger partial charge is 0.126 e. The van der Waals surface area contributed by atoms with Gasteiger partial charge < -0.3 is 15.2 Å². The molecule has 4 heteroatoms. The van der Waals surface area contributed by atoms with Crippen molar-refractivity contribution in [3.63, 3.8) is 0 Å². The lowest BCUT2D eigenvalue weighted by molar-refractivity contribution is -0.00397. The number of aliphatic hydroxyl groups is 1. The predicted molar refractivity (Wildman–Crippen MR) is 143 cm³/mol. The van der Waals surface area contributed by atoms with Crippen molar-refractivity contribution >= 4 is 0 Å². The highest BCUT2D eigenvalue weighted by Gasteiger charge is 2.21. The van der Waals surface area contributed by atoms with Crippen molar-refractivity contribution in [3.8, 4) is 11.1 Å². The quantitative estimate of drug-likeness (QED) is 0.313. The number of aliphatic hydroxyl groups excluding tert-OH is 1. The molecular weight excluding hydrogens is 437 g/mol. The summed E-state index contributed by atoms with van der Waals surface area (Å²) >= 11 is 0. The number of benzene rings is 3. The molecule has 0 aliphatic heterocycles. The van der Waals surface area contributed by atoms with Crippen molar-refractivity contribution in [1.82, 2.24) is 5.32 Å². The van der Waals surface area contributed by atoms with Gasteiger partial charge in [0.15, 0.2) is 0 Å². The van der Waals surface area contributed by atoms with E-state index in [0.29, 0.717) is 24.4 Å². The van der Waals surface area contributed by atoms with E-state index in [1.807, 2.05) is 31.2 Å². The molecule has 2 atom stereocenters. The van der Waals surface area contributed by atoms with Gasteiger partial charge >= 0.3 is 0 Å². The van der Waals surface area contributed by atoms with E-state index in [-0.39, 0.29) is 24.1 Å². The zero-order chi connectivity index (χ0) is 25.6. The van der Waals surface area contributed by atoms with E-state index in [1.165, 1.54) is 11.1 Å². The maximum absolute atomic E-state index is 13.9. The molecule has 0 aliphatic rings. The summed E-state index contributed by atoms with van der Waals surface area (Å²) in [5.41, 5.74) is 6.04. The molecule has 188 valence electrons. The molecule has 0 spiro atoms. The lowest BCUT2D eigenvalue weighted by Crippen LogP contribution is -2.46. The first-order valence-corrected chi connectivity index (χ1v) is 12.5. The summed E-state index contributed by atoms with van der Waals surface area (Å²) in [4.78, 5) is 0. The Hall–Kier alpha value is -2.53. The van der Waals surface area contributed by atoms with Gasteiger partial charge in [-0.3, -0.25) is 0 Å². The second-order valence-corrected chi connectivity index (χ2v) is 10.5. The third-order valence-electron chi connectivity index (χ3n) is 6.50. The fourth-order valence-corrected chi connectivity index (χ4v) is 4.30. The third-order valence-corrected chi connectivity index (χ3v) is 6.50. The lowest BCUT2D eigenvalue weighted by Gasteiger charge is -2.28. The van der Waals surface area contributed by atoms with Crippen molar-refractivity contribution in [2.24, 2.45) is 0 Å². The fourth-order valence-electron chi connectivity index (χ4n) is 4.30. The van der Waals surface area contributed by atoms with Crippen molar-refractivity contribution in [2.45, 2.75) is 71.6 Å².